The standard InChI is InChI=1S/C25H13ClF6N4O/c26-20-4-2-1-3-16(20)5-6-21(37)22-23(17-7-9-33-10-8-17)36(35-34-22)14-15-11-18(24(27,28)29)13-19(12-15)25(30,31)32/h1-4,7-13H,14H2. The van der Waals surface area contributed by atoms with E-state index in [2.05, 4.69) is 27.1 Å². The van der Waals surface area contributed by atoms with E-state index in [9.17, 15) is 31.1 Å². The molecule has 188 valence electrons. The van der Waals surface area contributed by atoms with Gasteiger partial charge in [0, 0.05) is 23.5 Å². The fourth-order valence-electron chi connectivity index (χ4n) is 3.40. The summed E-state index contributed by atoms with van der Waals surface area (Å²) in [5.41, 5.74) is -2.75. The van der Waals surface area contributed by atoms with Crippen LogP contribution in [0.15, 0.2) is 67.0 Å². The number of carbonyl (C=O) groups excluding carboxylic acids is 1. The Hall–Kier alpha value is -4.17. The molecule has 0 aliphatic carbocycles. The third-order valence-electron chi connectivity index (χ3n) is 5.07. The van der Waals surface area contributed by atoms with E-state index in [1.165, 1.54) is 24.5 Å². The number of pyridine rings is 1. The molecule has 0 aliphatic rings. The van der Waals surface area contributed by atoms with Crippen LogP contribution in [-0.2, 0) is 18.9 Å². The molecule has 5 nitrogen and oxygen atoms in total. The van der Waals surface area contributed by atoms with E-state index in [4.69, 9.17) is 11.6 Å². The number of alkyl halides is 6. The van der Waals surface area contributed by atoms with Gasteiger partial charge >= 0.3 is 12.4 Å². The molecule has 2 heterocycles. The van der Waals surface area contributed by atoms with Gasteiger partial charge in [-0.1, -0.05) is 34.9 Å². The second kappa shape index (κ2) is 10.1. The summed E-state index contributed by atoms with van der Waals surface area (Å²) < 4.78 is 80.9. The van der Waals surface area contributed by atoms with Gasteiger partial charge in [0.15, 0.2) is 5.69 Å². The maximum atomic E-state index is 13.3. The highest BCUT2D eigenvalue weighted by Crippen LogP contribution is 2.36. The first-order valence-corrected chi connectivity index (χ1v) is 10.7. The van der Waals surface area contributed by atoms with Gasteiger partial charge in [0.05, 0.1) is 22.7 Å². The Labute approximate surface area is 210 Å². The van der Waals surface area contributed by atoms with Gasteiger partial charge in [-0.25, -0.2) is 4.68 Å². The molecule has 37 heavy (non-hydrogen) atoms. The quantitative estimate of drug-likeness (QED) is 0.175. The van der Waals surface area contributed by atoms with E-state index < -0.39 is 35.8 Å². The maximum absolute atomic E-state index is 13.3. The van der Waals surface area contributed by atoms with Crippen LogP contribution in [-0.4, -0.2) is 25.8 Å². The summed E-state index contributed by atoms with van der Waals surface area (Å²) in [7, 11) is 0. The molecule has 0 aliphatic heterocycles. The average molecular weight is 535 g/mol. The lowest BCUT2D eigenvalue weighted by Crippen LogP contribution is -2.13. The van der Waals surface area contributed by atoms with Gasteiger partial charge in [0.1, 0.15) is 5.69 Å². The van der Waals surface area contributed by atoms with Crippen LogP contribution >= 0.6 is 11.6 Å². The van der Waals surface area contributed by atoms with Crippen LogP contribution < -0.4 is 0 Å². The summed E-state index contributed by atoms with van der Waals surface area (Å²) in [6, 6.07) is 10.7. The Kier molecular flexibility index (Phi) is 7.05. The Morgan fingerprint density at radius 3 is 2.14 bits per heavy atom. The number of hydrogen-bond donors (Lipinski definition) is 0. The minimum absolute atomic E-state index is 0.0356. The van der Waals surface area contributed by atoms with Crippen molar-refractivity contribution in [3.05, 3.63) is 100.0 Å². The molecule has 0 saturated heterocycles. The predicted octanol–water partition coefficient (Wildman–Crippen LogP) is 6.31. The number of ketones is 1. The fourth-order valence-corrected chi connectivity index (χ4v) is 3.58. The van der Waals surface area contributed by atoms with Crippen molar-refractivity contribution >= 4 is 17.4 Å². The number of benzene rings is 2. The molecule has 0 fully saturated rings. The third kappa shape index (κ3) is 5.98. The van der Waals surface area contributed by atoms with Crippen molar-refractivity contribution in [1.82, 2.24) is 20.0 Å². The van der Waals surface area contributed by atoms with E-state index in [0.29, 0.717) is 28.3 Å². The largest absolute Gasteiger partial charge is 0.416 e. The van der Waals surface area contributed by atoms with Crippen molar-refractivity contribution in [3.63, 3.8) is 0 Å². The molecule has 0 bridgehead atoms. The molecule has 2 aromatic carbocycles. The smallest absolute Gasteiger partial charge is 0.277 e. The Morgan fingerprint density at radius 2 is 1.54 bits per heavy atom. The fraction of sp³-hybridized carbons (Fsp3) is 0.120. The lowest BCUT2D eigenvalue weighted by Gasteiger charge is -2.15. The summed E-state index contributed by atoms with van der Waals surface area (Å²) in [5, 5.41) is 7.97. The number of carbonyl (C=O) groups is 1. The van der Waals surface area contributed by atoms with E-state index in [-0.39, 0.29) is 23.0 Å². The van der Waals surface area contributed by atoms with Crippen molar-refractivity contribution in [1.29, 1.82) is 0 Å². The topological polar surface area (TPSA) is 60.7 Å². The van der Waals surface area contributed by atoms with Gasteiger partial charge in [-0.2, -0.15) is 26.3 Å². The number of nitrogens with zero attached hydrogens (tertiary/aromatic N) is 4. The summed E-state index contributed by atoms with van der Waals surface area (Å²) in [5.74, 6) is 4.25. The van der Waals surface area contributed by atoms with Gasteiger partial charge in [-0.05, 0) is 53.9 Å². The first-order valence-electron chi connectivity index (χ1n) is 10.4. The normalized spacial score (nSPS) is 11.6. The van der Waals surface area contributed by atoms with E-state index in [1.807, 2.05) is 0 Å². The number of aromatic nitrogens is 4. The molecule has 0 radical (unpaired) electrons. The summed E-state index contributed by atoms with van der Waals surface area (Å²) in [6.07, 6.45) is -7.24. The molecule has 4 rings (SSSR count). The van der Waals surface area contributed by atoms with Gasteiger partial charge in [-0.15, -0.1) is 5.10 Å². The van der Waals surface area contributed by atoms with Gasteiger partial charge in [0.2, 0.25) is 0 Å². The van der Waals surface area contributed by atoms with Crippen LogP contribution in [0.25, 0.3) is 11.3 Å². The van der Waals surface area contributed by atoms with Gasteiger partial charge in [-0.3, -0.25) is 9.78 Å². The number of rotatable bonds is 4. The summed E-state index contributed by atoms with van der Waals surface area (Å²) >= 11 is 6.05. The van der Waals surface area contributed by atoms with Crippen LogP contribution in [0, 0.1) is 11.8 Å². The number of Topliss-reactive ketones (excluding diaryl/α,β-unsaturated/α-hetero) is 1. The molecule has 4 aromatic rings. The van der Waals surface area contributed by atoms with Gasteiger partial charge < -0.3 is 0 Å². The molecule has 0 atom stereocenters. The molecule has 0 saturated carbocycles. The zero-order chi connectivity index (χ0) is 26.8. The van der Waals surface area contributed by atoms with Crippen LogP contribution in [0.5, 0.6) is 0 Å². The molecule has 0 unspecified atom stereocenters. The van der Waals surface area contributed by atoms with Crippen LogP contribution in [0.1, 0.15) is 32.7 Å². The average Bonchev–Trinajstić information content (AvgIpc) is 3.26. The number of halogens is 7. The number of hydrogen-bond acceptors (Lipinski definition) is 4. The minimum Gasteiger partial charge on any atom is -0.277 e. The maximum Gasteiger partial charge on any atom is 0.416 e. The van der Waals surface area contributed by atoms with Gasteiger partial charge in [0.25, 0.3) is 5.78 Å². The van der Waals surface area contributed by atoms with Crippen molar-refractivity contribution < 1.29 is 31.1 Å². The molecule has 0 spiro atoms. The van der Waals surface area contributed by atoms with Crippen LogP contribution in [0.3, 0.4) is 0 Å². The second-order valence-electron chi connectivity index (χ2n) is 7.65. The summed E-state index contributed by atoms with van der Waals surface area (Å²) in [4.78, 5) is 16.8. The highest BCUT2D eigenvalue weighted by atomic mass is 35.5. The Morgan fingerprint density at radius 1 is 0.919 bits per heavy atom. The first-order chi connectivity index (χ1) is 17.4. The third-order valence-corrected chi connectivity index (χ3v) is 5.40. The van der Waals surface area contributed by atoms with Crippen LogP contribution in [0.2, 0.25) is 5.02 Å². The van der Waals surface area contributed by atoms with Crippen molar-refractivity contribution in [2.75, 3.05) is 0 Å². The minimum atomic E-state index is -5.01. The second-order valence-corrected chi connectivity index (χ2v) is 8.06. The highest BCUT2D eigenvalue weighted by molar-refractivity contribution is 6.31. The molecule has 0 N–H and O–H groups in total. The first kappa shape index (κ1) is 25.9. The molecule has 0 amide bonds. The predicted molar refractivity (Wildman–Crippen MR) is 121 cm³/mol. The molecule has 12 heteroatoms. The zero-order valence-electron chi connectivity index (χ0n) is 18.4. The Bertz CT molecular complexity index is 1490. The zero-order valence-corrected chi connectivity index (χ0v) is 19.2. The SMILES string of the molecule is O=C(C#Cc1ccccc1Cl)c1nnn(Cc2cc(C(F)(F)F)cc(C(F)(F)F)c2)c1-c1ccncc1. The van der Waals surface area contributed by atoms with E-state index in [1.54, 1.807) is 24.3 Å². The lowest BCUT2D eigenvalue weighted by atomic mass is 10.0. The molecular weight excluding hydrogens is 522 g/mol. The Balaban J connectivity index is 1.79. The monoisotopic (exact) mass is 534 g/mol. The van der Waals surface area contributed by atoms with E-state index >= 15 is 0 Å². The van der Waals surface area contributed by atoms with E-state index in [0.717, 1.165) is 4.68 Å². The highest BCUT2D eigenvalue weighted by Gasteiger charge is 2.37. The van der Waals surface area contributed by atoms with Crippen molar-refractivity contribution in [3.8, 4) is 23.1 Å². The van der Waals surface area contributed by atoms with Crippen molar-refractivity contribution in [2.45, 2.75) is 18.9 Å². The van der Waals surface area contributed by atoms with Crippen LogP contribution in [0.4, 0.5) is 26.3 Å². The lowest BCUT2D eigenvalue weighted by molar-refractivity contribution is -0.143. The van der Waals surface area contributed by atoms with Crippen molar-refractivity contribution in [2.24, 2.45) is 0 Å². The summed E-state index contributed by atoms with van der Waals surface area (Å²) in [6.45, 7) is -0.539. The molecule has 2 aromatic heterocycles. The molecular formula is C25H13ClF6N4O.